The predicted molar refractivity (Wildman–Crippen MR) is 52.0 cm³/mol. The molecule has 0 aliphatic carbocycles. The van der Waals surface area contributed by atoms with Crippen LogP contribution in [-0.4, -0.2) is 35.1 Å². The van der Waals surface area contributed by atoms with E-state index in [1.165, 1.54) is 4.90 Å². The molecule has 0 saturated carbocycles. The van der Waals surface area contributed by atoms with Gasteiger partial charge in [-0.1, -0.05) is 0 Å². The van der Waals surface area contributed by atoms with Crippen LogP contribution < -0.4 is 5.32 Å². The Morgan fingerprint density at radius 3 is 2.54 bits per heavy atom. The molecular weight excluding hydrogens is 194 g/mol. The molecule has 1 fully saturated rings. The molecule has 0 atom stereocenters. The Morgan fingerprint density at radius 2 is 2.15 bits per heavy atom. The summed E-state index contributed by atoms with van der Waals surface area (Å²) in [7, 11) is 0. The van der Waals surface area contributed by atoms with Crippen LogP contribution in [0.1, 0.15) is 20.3 Å². The number of nitrogens with one attached hydrogen (secondary N) is 1. The number of hydrogen-bond acceptors (Lipinski definition) is 1. The van der Waals surface area contributed by atoms with Crippen molar-refractivity contribution in [2.75, 3.05) is 13.1 Å². The maximum atomic E-state index is 12.8. The molecule has 1 saturated heterocycles. The average molecular weight is 208 g/mol. The van der Waals surface area contributed by atoms with Gasteiger partial charge in [0.05, 0.1) is 6.54 Å². The van der Waals surface area contributed by atoms with Crippen LogP contribution in [0.4, 0.5) is 8.78 Å². The Morgan fingerprint density at radius 1 is 1.54 bits per heavy atom. The Bertz CT molecular complexity index is 206. The highest BCUT2D eigenvalue weighted by atomic mass is 32.1. The van der Waals surface area contributed by atoms with E-state index in [4.69, 9.17) is 12.2 Å². The molecule has 1 N–H and O–H groups in total. The highest BCUT2D eigenvalue weighted by molar-refractivity contribution is 7.80. The van der Waals surface area contributed by atoms with Crippen molar-refractivity contribution in [2.24, 2.45) is 0 Å². The second-order valence-electron chi connectivity index (χ2n) is 3.63. The summed E-state index contributed by atoms with van der Waals surface area (Å²) >= 11 is 4.97. The fourth-order valence-electron chi connectivity index (χ4n) is 1.25. The zero-order chi connectivity index (χ0) is 10.1. The summed E-state index contributed by atoms with van der Waals surface area (Å²) in [6.07, 6.45) is -0.0904. The number of alkyl halides is 2. The smallest absolute Gasteiger partial charge is 0.267 e. The van der Waals surface area contributed by atoms with Gasteiger partial charge >= 0.3 is 0 Å². The molecule has 0 aromatic carbocycles. The van der Waals surface area contributed by atoms with Crippen LogP contribution in [-0.2, 0) is 0 Å². The Labute approximate surface area is 82.3 Å². The summed E-state index contributed by atoms with van der Waals surface area (Å²) < 4.78 is 25.5. The molecule has 1 aliphatic rings. The minimum atomic E-state index is -2.57. The van der Waals surface area contributed by atoms with Gasteiger partial charge in [-0.3, -0.25) is 0 Å². The molecule has 1 aliphatic heterocycles. The van der Waals surface area contributed by atoms with Crippen molar-refractivity contribution in [1.29, 1.82) is 0 Å². The maximum absolute atomic E-state index is 12.8. The highest BCUT2D eigenvalue weighted by Gasteiger charge is 2.39. The quantitative estimate of drug-likeness (QED) is 0.659. The molecule has 0 bridgehead atoms. The van der Waals surface area contributed by atoms with E-state index in [2.05, 4.69) is 5.32 Å². The van der Waals surface area contributed by atoms with Gasteiger partial charge in [-0.15, -0.1) is 0 Å². The largest absolute Gasteiger partial charge is 0.360 e. The van der Waals surface area contributed by atoms with Gasteiger partial charge in [-0.2, -0.15) is 0 Å². The fourth-order valence-corrected chi connectivity index (χ4v) is 1.64. The minimum Gasteiger partial charge on any atom is -0.360 e. The Kier molecular flexibility index (Phi) is 3.05. The van der Waals surface area contributed by atoms with Crippen LogP contribution in [0.25, 0.3) is 0 Å². The summed E-state index contributed by atoms with van der Waals surface area (Å²) in [5.74, 6) is -2.57. The van der Waals surface area contributed by atoms with Crippen LogP contribution in [0.5, 0.6) is 0 Å². The molecule has 1 rings (SSSR count). The SMILES string of the molecule is CC(C)NC(=S)N1CCC(F)(F)C1. The van der Waals surface area contributed by atoms with Gasteiger partial charge in [0.25, 0.3) is 5.92 Å². The molecule has 0 amide bonds. The molecule has 5 heteroatoms. The number of likely N-dealkylation sites (tertiary alicyclic amines) is 1. The first-order valence-electron chi connectivity index (χ1n) is 4.34. The van der Waals surface area contributed by atoms with Crippen molar-refractivity contribution < 1.29 is 8.78 Å². The Hall–Kier alpha value is -0.450. The van der Waals surface area contributed by atoms with Crippen molar-refractivity contribution in [3.63, 3.8) is 0 Å². The van der Waals surface area contributed by atoms with Crippen LogP contribution in [0.15, 0.2) is 0 Å². The molecule has 0 radical (unpaired) electrons. The maximum Gasteiger partial charge on any atom is 0.267 e. The Balaban J connectivity index is 2.42. The number of rotatable bonds is 1. The molecule has 0 unspecified atom stereocenters. The summed E-state index contributed by atoms with van der Waals surface area (Å²) in [5, 5.41) is 3.38. The van der Waals surface area contributed by atoms with E-state index in [9.17, 15) is 8.78 Å². The van der Waals surface area contributed by atoms with E-state index in [0.717, 1.165) is 0 Å². The van der Waals surface area contributed by atoms with Crippen molar-refractivity contribution in [2.45, 2.75) is 32.2 Å². The van der Waals surface area contributed by atoms with Gasteiger partial charge in [0.1, 0.15) is 0 Å². The zero-order valence-electron chi connectivity index (χ0n) is 7.81. The third-order valence-electron chi connectivity index (χ3n) is 1.87. The molecule has 13 heavy (non-hydrogen) atoms. The molecule has 1 heterocycles. The van der Waals surface area contributed by atoms with Crippen molar-refractivity contribution in [1.82, 2.24) is 10.2 Å². The molecule has 76 valence electrons. The van der Waals surface area contributed by atoms with E-state index in [0.29, 0.717) is 11.7 Å². The van der Waals surface area contributed by atoms with Gasteiger partial charge in [0, 0.05) is 19.0 Å². The lowest BCUT2D eigenvalue weighted by Crippen LogP contribution is -2.42. The van der Waals surface area contributed by atoms with Gasteiger partial charge in [-0.25, -0.2) is 8.78 Å². The lowest BCUT2D eigenvalue weighted by atomic mass is 10.3. The lowest BCUT2D eigenvalue weighted by molar-refractivity contribution is 0.0175. The molecule has 0 aromatic heterocycles. The monoisotopic (exact) mass is 208 g/mol. The summed E-state index contributed by atoms with van der Waals surface area (Å²) in [6.45, 7) is 3.97. The zero-order valence-corrected chi connectivity index (χ0v) is 8.63. The summed E-state index contributed by atoms with van der Waals surface area (Å²) in [4.78, 5) is 1.52. The predicted octanol–water partition coefficient (Wildman–Crippen LogP) is 1.61. The van der Waals surface area contributed by atoms with E-state index in [1.54, 1.807) is 0 Å². The van der Waals surface area contributed by atoms with Gasteiger partial charge < -0.3 is 10.2 Å². The molecular formula is C8H14F2N2S. The van der Waals surface area contributed by atoms with Gasteiger partial charge in [-0.05, 0) is 26.1 Å². The topological polar surface area (TPSA) is 15.3 Å². The second-order valence-corrected chi connectivity index (χ2v) is 4.02. The van der Waals surface area contributed by atoms with E-state index in [-0.39, 0.29) is 19.0 Å². The summed E-state index contributed by atoms with van der Waals surface area (Å²) in [6, 6.07) is 0.196. The summed E-state index contributed by atoms with van der Waals surface area (Å²) in [5.41, 5.74) is 0. The first kappa shape index (κ1) is 10.6. The van der Waals surface area contributed by atoms with Crippen molar-refractivity contribution in [3.8, 4) is 0 Å². The molecule has 0 aromatic rings. The van der Waals surface area contributed by atoms with Crippen molar-refractivity contribution >= 4 is 17.3 Å². The van der Waals surface area contributed by atoms with Crippen LogP contribution in [0, 0.1) is 0 Å². The first-order chi connectivity index (χ1) is 5.91. The van der Waals surface area contributed by atoms with E-state index >= 15 is 0 Å². The fraction of sp³-hybridized carbons (Fsp3) is 0.875. The number of nitrogens with zero attached hydrogens (tertiary/aromatic N) is 1. The van der Waals surface area contributed by atoms with Gasteiger partial charge in [0.15, 0.2) is 5.11 Å². The third kappa shape index (κ3) is 3.06. The standard InChI is InChI=1S/C8H14F2N2S/c1-6(2)11-7(13)12-4-3-8(9,10)5-12/h6H,3-5H2,1-2H3,(H,11,13). The first-order valence-corrected chi connectivity index (χ1v) is 4.75. The van der Waals surface area contributed by atoms with E-state index < -0.39 is 5.92 Å². The van der Waals surface area contributed by atoms with E-state index in [1.807, 2.05) is 13.8 Å². The lowest BCUT2D eigenvalue weighted by Gasteiger charge is -2.21. The second kappa shape index (κ2) is 3.74. The normalized spacial score (nSPS) is 20.8. The number of thiocarbonyl (C=S) groups is 1. The van der Waals surface area contributed by atoms with Crippen LogP contribution in [0.3, 0.4) is 0 Å². The van der Waals surface area contributed by atoms with Crippen LogP contribution in [0.2, 0.25) is 0 Å². The minimum absolute atomic E-state index is 0.0904. The van der Waals surface area contributed by atoms with Crippen LogP contribution >= 0.6 is 12.2 Å². The highest BCUT2D eigenvalue weighted by Crippen LogP contribution is 2.26. The van der Waals surface area contributed by atoms with Crippen molar-refractivity contribution in [3.05, 3.63) is 0 Å². The number of hydrogen-bond donors (Lipinski definition) is 1. The number of halogens is 2. The average Bonchev–Trinajstić information content (AvgIpc) is 2.28. The molecule has 0 spiro atoms. The molecule has 2 nitrogen and oxygen atoms in total. The van der Waals surface area contributed by atoms with Gasteiger partial charge in [0.2, 0.25) is 0 Å². The third-order valence-corrected chi connectivity index (χ3v) is 2.25.